The third kappa shape index (κ3) is 7.57. The SMILES string of the molecule is CCOC(=O)[C@H](Cc1ccc(Nc2ncccc2[N+](=O)[O-])cc1)NC(=O)OC(C)(C)C. The predicted octanol–water partition coefficient (Wildman–Crippen LogP) is 3.73. The van der Waals surface area contributed by atoms with Gasteiger partial charge in [0.05, 0.1) is 11.5 Å². The van der Waals surface area contributed by atoms with E-state index in [-0.39, 0.29) is 24.5 Å². The highest BCUT2D eigenvalue weighted by Gasteiger charge is 2.25. The molecule has 1 atom stereocenters. The maximum atomic E-state index is 12.3. The van der Waals surface area contributed by atoms with Gasteiger partial charge < -0.3 is 20.1 Å². The van der Waals surface area contributed by atoms with Gasteiger partial charge in [0.15, 0.2) is 0 Å². The molecular formula is C21H26N4O6. The van der Waals surface area contributed by atoms with Gasteiger partial charge in [0.25, 0.3) is 0 Å². The molecule has 10 nitrogen and oxygen atoms in total. The lowest BCUT2D eigenvalue weighted by molar-refractivity contribution is -0.384. The number of alkyl carbamates (subject to hydrolysis) is 1. The van der Waals surface area contributed by atoms with Crippen LogP contribution in [-0.4, -0.2) is 40.2 Å². The number of nitrogens with one attached hydrogen (secondary N) is 2. The van der Waals surface area contributed by atoms with Crippen molar-refractivity contribution in [1.82, 2.24) is 10.3 Å². The first-order chi connectivity index (χ1) is 14.6. The van der Waals surface area contributed by atoms with Crippen molar-refractivity contribution >= 4 is 29.3 Å². The minimum absolute atomic E-state index is 0.122. The summed E-state index contributed by atoms with van der Waals surface area (Å²) in [6.45, 7) is 7.04. The van der Waals surface area contributed by atoms with E-state index in [4.69, 9.17) is 9.47 Å². The van der Waals surface area contributed by atoms with Gasteiger partial charge in [-0.15, -0.1) is 0 Å². The molecule has 31 heavy (non-hydrogen) atoms. The molecule has 166 valence electrons. The Morgan fingerprint density at radius 2 is 1.87 bits per heavy atom. The van der Waals surface area contributed by atoms with Gasteiger partial charge in [-0.3, -0.25) is 10.1 Å². The number of amides is 1. The summed E-state index contributed by atoms with van der Waals surface area (Å²) >= 11 is 0. The third-order valence-corrected chi connectivity index (χ3v) is 3.90. The fraction of sp³-hybridized carbons (Fsp3) is 0.381. The van der Waals surface area contributed by atoms with E-state index in [0.717, 1.165) is 5.56 Å². The molecule has 10 heteroatoms. The Balaban J connectivity index is 2.11. The normalized spacial score (nSPS) is 11.9. The summed E-state index contributed by atoms with van der Waals surface area (Å²) in [7, 11) is 0. The minimum Gasteiger partial charge on any atom is -0.464 e. The summed E-state index contributed by atoms with van der Waals surface area (Å²) in [6, 6.07) is 8.79. The van der Waals surface area contributed by atoms with Crippen LogP contribution in [0.3, 0.4) is 0 Å². The van der Waals surface area contributed by atoms with Crippen LogP contribution in [0.2, 0.25) is 0 Å². The van der Waals surface area contributed by atoms with Crippen molar-refractivity contribution < 1.29 is 24.0 Å². The summed E-state index contributed by atoms with van der Waals surface area (Å²) in [5, 5.41) is 16.6. The standard InChI is InChI=1S/C21H26N4O6/c1-5-30-19(26)16(24-20(27)31-21(2,3)4)13-14-8-10-15(11-9-14)23-18-17(25(28)29)7-6-12-22-18/h6-12,16H,5,13H2,1-4H3,(H,22,23)(H,24,27)/t16-/m0/s1. The van der Waals surface area contributed by atoms with E-state index in [1.54, 1.807) is 52.0 Å². The van der Waals surface area contributed by atoms with E-state index in [1.807, 2.05) is 0 Å². The molecule has 2 aromatic rings. The molecule has 1 heterocycles. The highest BCUT2D eigenvalue weighted by molar-refractivity contribution is 5.81. The van der Waals surface area contributed by atoms with Crippen LogP contribution in [0.1, 0.15) is 33.3 Å². The fourth-order valence-corrected chi connectivity index (χ4v) is 2.62. The average molecular weight is 430 g/mol. The van der Waals surface area contributed by atoms with Crippen LogP contribution >= 0.6 is 0 Å². The van der Waals surface area contributed by atoms with E-state index in [2.05, 4.69) is 15.6 Å². The Labute approximate surface area is 180 Å². The number of carbonyl (C=O) groups is 2. The quantitative estimate of drug-likeness (QED) is 0.368. The minimum atomic E-state index is -0.925. The number of benzene rings is 1. The number of nitro groups is 1. The molecule has 2 rings (SSSR count). The summed E-state index contributed by atoms with van der Waals surface area (Å²) in [5.74, 6) is -0.448. The van der Waals surface area contributed by atoms with Crippen molar-refractivity contribution in [1.29, 1.82) is 0 Å². The third-order valence-electron chi connectivity index (χ3n) is 3.90. The number of anilines is 2. The monoisotopic (exact) mass is 430 g/mol. The maximum absolute atomic E-state index is 12.3. The van der Waals surface area contributed by atoms with Crippen LogP contribution in [-0.2, 0) is 20.7 Å². The van der Waals surface area contributed by atoms with Crippen LogP contribution in [0.15, 0.2) is 42.6 Å². The molecule has 0 aliphatic heterocycles. The molecule has 2 N–H and O–H groups in total. The molecule has 0 bridgehead atoms. The molecule has 0 aliphatic carbocycles. The van der Waals surface area contributed by atoms with E-state index in [1.165, 1.54) is 18.3 Å². The number of rotatable bonds is 8. The lowest BCUT2D eigenvalue weighted by Crippen LogP contribution is -2.45. The Hall–Kier alpha value is -3.69. The molecular weight excluding hydrogens is 404 g/mol. The number of hydrogen-bond acceptors (Lipinski definition) is 8. The van der Waals surface area contributed by atoms with Crippen LogP contribution in [0.5, 0.6) is 0 Å². The summed E-state index contributed by atoms with van der Waals surface area (Å²) < 4.78 is 10.3. The average Bonchev–Trinajstić information content (AvgIpc) is 2.68. The molecule has 0 fully saturated rings. The lowest BCUT2D eigenvalue weighted by atomic mass is 10.1. The fourth-order valence-electron chi connectivity index (χ4n) is 2.62. The van der Waals surface area contributed by atoms with Gasteiger partial charge in [0.2, 0.25) is 5.82 Å². The Morgan fingerprint density at radius 3 is 2.45 bits per heavy atom. The molecule has 0 saturated heterocycles. The molecule has 0 saturated carbocycles. The topological polar surface area (TPSA) is 133 Å². The van der Waals surface area contributed by atoms with Gasteiger partial charge in [-0.1, -0.05) is 12.1 Å². The number of pyridine rings is 1. The zero-order chi connectivity index (χ0) is 23.0. The second-order valence-electron chi connectivity index (χ2n) is 7.61. The van der Waals surface area contributed by atoms with Crippen LogP contribution < -0.4 is 10.6 Å². The van der Waals surface area contributed by atoms with Crippen molar-refractivity contribution in [2.24, 2.45) is 0 Å². The number of aromatic nitrogens is 1. The number of hydrogen-bond donors (Lipinski definition) is 2. The van der Waals surface area contributed by atoms with Crippen molar-refractivity contribution in [3.8, 4) is 0 Å². The van der Waals surface area contributed by atoms with Crippen LogP contribution in [0, 0.1) is 10.1 Å². The summed E-state index contributed by atoms with van der Waals surface area (Å²) in [4.78, 5) is 39.0. The summed E-state index contributed by atoms with van der Waals surface area (Å²) in [5.41, 5.74) is 0.481. The predicted molar refractivity (Wildman–Crippen MR) is 114 cm³/mol. The van der Waals surface area contributed by atoms with Gasteiger partial charge in [-0.2, -0.15) is 0 Å². The van der Waals surface area contributed by atoms with Crippen LogP contribution in [0.25, 0.3) is 0 Å². The zero-order valence-electron chi connectivity index (χ0n) is 17.9. The molecule has 0 radical (unpaired) electrons. The number of ether oxygens (including phenoxy) is 2. The van der Waals surface area contributed by atoms with E-state index in [0.29, 0.717) is 5.69 Å². The molecule has 0 spiro atoms. The molecule has 0 unspecified atom stereocenters. The van der Waals surface area contributed by atoms with Crippen LogP contribution in [0.4, 0.5) is 22.0 Å². The van der Waals surface area contributed by atoms with Gasteiger partial charge in [0, 0.05) is 24.4 Å². The lowest BCUT2D eigenvalue weighted by Gasteiger charge is -2.23. The Kier molecular flexibility index (Phi) is 7.89. The second kappa shape index (κ2) is 10.4. The van der Waals surface area contributed by atoms with Crippen molar-refractivity contribution in [3.63, 3.8) is 0 Å². The van der Waals surface area contributed by atoms with E-state index < -0.39 is 28.6 Å². The van der Waals surface area contributed by atoms with E-state index in [9.17, 15) is 19.7 Å². The van der Waals surface area contributed by atoms with Crippen molar-refractivity contribution in [2.45, 2.75) is 45.8 Å². The first kappa shape index (κ1) is 23.6. The van der Waals surface area contributed by atoms with Gasteiger partial charge in [-0.25, -0.2) is 14.6 Å². The van der Waals surface area contributed by atoms with Gasteiger partial charge >= 0.3 is 17.7 Å². The first-order valence-electron chi connectivity index (χ1n) is 9.70. The largest absolute Gasteiger partial charge is 0.464 e. The molecule has 0 aliphatic rings. The number of carbonyl (C=O) groups excluding carboxylic acids is 2. The number of nitrogens with zero attached hydrogens (tertiary/aromatic N) is 2. The second-order valence-corrected chi connectivity index (χ2v) is 7.61. The Bertz CT molecular complexity index is 924. The van der Waals surface area contributed by atoms with Gasteiger partial charge in [0.1, 0.15) is 11.6 Å². The molecule has 1 aromatic carbocycles. The highest BCUT2D eigenvalue weighted by Crippen LogP contribution is 2.24. The highest BCUT2D eigenvalue weighted by atomic mass is 16.6. The van der Waals surface area contributed by atoms with Crippen molar-refractivity contribution in [2.75, 3.05) is 11.9 Å². The first-order valence-corrected chi connectivity index (χ1v) is 9.70. The van der Waals surface area contributed by atoms with E-state index >= 15 is 0 Å². The molecule has 1 amide bonds. The Morgan fingerprint density at radius 1 is 1.19 bits per heavy atom. The summed E-state index contributed by atoms with van der Waals surface area (Å²) in [6.07, 6.45) is 0.921. The van der Waals surface area contributed by atoms with Crippen molar-refractivity contribution in [3.05, 3.63) is 58.3 Å². The number of esters is 1. The van der Waals surface area contributed by atoms with Gasteiger partial charge in [-0.05, 0) is 51.5 Å². The molecule has 1 aromatic heterocycles. The maximum Gasteiger partial charge on any atom is 0.408 e. The smallest absolute Gasteiger partial charge is 0.408 e. The zero-order valence-corrected chi connectivity index (χ0v) is 17.9.